The summed E-state index contributed by atoms with van der Waals surface area (Å²) in [5, 5.41) is 0. The van der Waals surface area contributed by atoms with Crippen molar-refractivity contribution in [2.75, 3.05) is 13.2 Å². The van der Waals surface area contributed by atoms with Gasteiger partial charge in [0, 0.05) is 0 Å². The van der Waals surface area contributed by atoms with Crippen LogP contribution in [0, 0.1) is 0 Å². The van der Waals surface area contributed by atoms with Crippen LogP contribution in [-0.2, 0) is 19.1 Å². The molecule has 0 spiro atoms. The van der Waals surface area contributed by atoms with Crippen molar-refractivity contribution in [1.29, 1.82) is 0 Å². The number of halogens is 1. The number of ether oxygens (including phenoxy) is 2. The molecular formula is C12H19FO4. The van der Waals surface area contributed by atoms with Crippen molar-refractivity contribution >= 4 is 11.9 Å². The lowest BCUT2D eigenvalue weighted by molar-refractivity contribution is -0.143. The average molecular weight is 246 g/mol. The molecule has 0 bridgehead atoms. The monoisotopic (exact) mass is 246 g/mol. The highest BCUT2D eigenvalue weighted by molar-refractivity contribution is 5.94. The van der Waals surface area contributed by atoms with Crippen LogP contribution in [0.4, 0.5) is 4.39 Å². The number of rotatable bonds is 8. The molecule has 0 atom stereocenters. The van der Waals surface area contributed by atoms with Crippen molar-refractivity contribution in [3.63, 3.8) is 0 Å². The fourth-order valence-electron chi connectivity index (χ4n) is 0.899. The number of carbonyl (C=O) groups excluding carboxylic acids is 2. The van der Waals surface area contributed by atoms with Gasteiger partial charge in [-0.3, -0.25) is 0 Å². The van der Waals surface area contributed by atoms with Crippen molar-refractivity contribution in [3.05, 3.63) is 11.9 Å². The van der Waals surface area contributed by atoms with Gasteiger partial charge in [-0.15, -0.1) is 0 Å². The first kappa shape index (κ1) is 15.6. The van der Waals surface area contributed by atoms with Crippen molar-refractivity contribution in [2.24, 2.45) is 0 Å². The van der Waals surface area contributed by atoms with Crippen LogP contribution in [0.15, 0.2) is 11.9 Å². The molecule has 17 heavy (non-hydrogen) atoms. The van der Waals surface area contributed by atoms with Crippen LogP contribution in [0.3, 0.4) is 0 Å². The van der Waals surface area contributed by atoms with Gasteiger partial charge in [-0.1, -0.05) is 26.7 Å². The van der Waals surface area contributed by atoms with E-state index in [0.717, 1.165) is 12.8 Å². The van der Waals surface area contributed by atoms with Gasteiger partial charge < -0.3 is 9.47 Å². The molecule has 0 saturated carbocycles. The van der Waals surface area contributed by atoms with Gasteiger partial charge in [-0.05, 0) is 12.8 Å². The minimum atomic E-state index is -1.22. The summed E-state index contributed by atoms with van der Waals surface area (Å²) in [6.45, 7) is 4.24. The maximum absolute atomic E-state index is 13.1. The van der Waals surface area contributed by atoms with Gasteiger partial charge >= 0.3 is 11.9 Å². The molecule has 0 aliphatic rings. The Morgan fingerprint density at radius 3 is 2.12 bits per heavy atom. The predicted octanol–water partition coefficient (Wildman–Crippen LogP) is 2.53. The molecule has 0 amide bonds. The fourth-order valence-corrected chi connectivity index (χ4v) is 0.899. The minimum absolute atomic E-state index is 0.154. The van der Waals surface area contributed by atoms with Crippen LogP contribution in [-0.4, -0.2) is 25.2 Å². The molecule has 5 heteroatoms. The van der Waals surface area contributed by atoms with Crippen LogP contribution >= 0.6 is 0 Å². The summed E-state index contributed by atoms with van der Waals surface area (Å²) in [4.78, 5) is 22.0. The van der Waals surface area contributed by atoms with Gasteiger partial charge in [0.1, 0.15) is 0 Å². The molecule has 0 aliphatic heterocycles. The first-order valence-electron chi connectivity index (χ1n) is 5.82. The number of unbranched alkanes of at least 4 members (excludes halogenated alkanes) is 2. The van der Waals surface area contributed by atoms with E-state index in [1.54, 1.807) is 0 Å². The number of hydrogen-bond donors (Lipinski definition) is 0. The van der Waals surface area contributed by atoms with E-state index < -0.39 is 17.8 Å². The number of hydrogen-bond acceptors (Lipinski definition) is 4. The van der Waals surface area contributed by atoms with Gasteiger partial charge in [0.15, 0.2) is 0 Å². The summed E-state index contributed by atoms with van der Waals surface area (Å²) in [6, 6.07) is 0. The molecule has 0 fully saturated rings. The van der Waals surface area contributed by atoms with Gasteiger partial charge in [-0.25, -0.2) is 9.59 Å². The van der Waals surface area contributed by atoms with E-state index in [1.807, 2.05) is 13.8 Å². The summed E-state index contributed by atoms with van der Waals surface area (Å²) in [5.74, 6) is -3.20. The van der Waals surface area contributed by atoms with Crippen LogP contribution in [0.5, 0.6) is 0 Å². The predicted molar refractivity (Wildman–Crippen MR) is 60.9 cm³/mol. The normalized spacial score (nSPS) is 11.1. The Hall–Kier alpha value is -1.39. The SMILES string of the molecule is CCCCOC(=O)/C=C(/F)C(=O)OCCCC. The molecule has 0 aromatic heterocycles. The summed E-state index contributed by atoms with van der Waals surface area (Å²) in [6.07, 6.45) is 3.61. The fraction of sp³-hybridized carbons (Fsp3) is 0.667. The van der Waals surface area contributed by atoms with E-state index in [0.29, 0.717) is 18.9 Å². The molecular weight excluding hydrogens is 227 g/mol. The highest BCUT2D eigenvalue weighted by Gasteiger charge is 2.12. The lowest BCUT2D eigenvalue weighted by Gasteiger charge is -2.02. The highest BCUT2D eigenvalue weighted by Crippen LogP contribution is 2.02. The van der Waals surface area contributed by atoms with E-state index in [4.69, 9.17) is 0 Å². The molecule has 0 heterocycles. The lowest BCUT2D eigenvalue weighted by Crippen LogP contribution is -2.09. The summed E-state index contributed by atoms with van der Waals surface area (Å²) in [7, 11) is 0. The van der Waals surface area contributed by atoms with Gasteiger partial charge in [-0.2, -0.15) is 4.39 Å². The third-order valence-corrected chi connectivity index (χ3v) is 1.91. The Morgan fingerprint density at radius 1 is 1.06 bits per heavy atom. The maximum Gasteiger partial charge on any atom is 0.367 e. The minimum Gasteiger partial charge on any atom is -0.462 e. The van der Waals surface area contributed by atoms with E-state index in [9.17, 15) is 14.0 Å². The zero-order valence-corrected chi connectivity index (χ0v) is 10.3. The zero-order valence-electron chi connectivity index (χ0n) is 10.3. The van der Waals surface area contributed by atoms with Crippen LogP contribution in [0.1, 0.15) is 39.5 Å². The van der Waals surface area contributed by atoms with Crippen molar-refractivity contribution in [3.8, 4) is 0 Å². The Kier molecular flexibility index (Phi) is 9.01. The topological polar surface area (TPSA) is 52.6 Å². The number of esters is 2. The summed E-state index contributed by atoms with van der Waals surface area (Å²) >= 11 is 0. The average Bonchev–Trinajstić information content (AvgIpc) is 2.29. The molecule has 0 aliphatic carbocycles. The zero-order chi connectivity index (χ0) is 13.1. The van der Waals surface area contributed by atoms with Crippen molar-refractivity contribution < 1.29 is 23.5 Å². The quantitative estimate of drug-likeness (QED) is 0.375. The lowest BCUT2D eigenvalue weighted by atomic mass is 10.3. The third kappa shape index (κ3) is 8.42. The maximum atomic E-state index is 13.1. The van der Waals surface area contributed by atoms with Crippen molar-refractivity contribution in [2.45, 2.75) is 39.5 Å². The second-order valence-corrected chi connectivity index (χ2v) is 3.50. The van der Waals surface area contributed by atoms with E-state index in [-0.39, 0.29) is 13.2 Å². The molecule has 0 aromatic rings. The molecule has 0 radical (unpaired) electrons. The van der Waals surface area contributed by atoms with E-state index in [1.165, 1.54) is 0 Å². The smallest absolute Gasteiger partial charge is 0.367 e. The first-order valence-corrected chi connectivity index (χ1v) is 5.82. The Labute approximate surface area is 101 Å². The van der Waals surface area contributed by atoms with Gasteiger partial charge in [0.05, 0.1) is 19.3 Å². The van der Waals surface area contributed by atoms with E-state index >= 15 is 0 Å². The number of carbonyl (C=O) groups is 2. The second kappa shape index (κ2) is 9.81. The standard InChI is InChI=1S/C12H19FO4/c1-3-5-7-16-11(14)9-10(13)12(15)17-8-6-4-2/h9H,3-8H2,1-2H3/b10-9+. The second-order valence-electron chi connectivity index (χ2n) is 3.50. The largest absolute Gasteiger partial charge is 0.462 e. The van der Waals surface area contributed by atoms with Crippen molar-refractivity contribution in [1.82, 2.24) is 0 Å². The molecule has 0 saturated heterocycles. The Balaban J connectivity index is 3.96. The highest BCUT2D eigenvalue weighted by atomic mass is 19.1. The first-order chi connectivity index (χ1) is 8.11. The third-order valence-electron chi connectivity index (χ3n) is 1.91. The Bertz CT molecular complexity index is 274. The summed E-state index contributed by atoms with van der Waals surface area (Å²) in [5.41, 5.74) is 0. The molecule has 4 nitrogen and oxygen atoms in total. The molecule has 0 rings (SSSR count). The van der Waals surface area contributed by atoms with Crippen LogP contribution < -0.4 is 0 Å². The summed E-state index contributed by atoms with van der Waals surface area (Å²) < 4.78 is 22.3. The van der Waals surface area contributed by atoms with Gasteiger partial charge in [0.2, 0.25) is 5.83 Å². The molecule has 0 unspecified atom stereocenters. The molecule has 0 N–H and O–H groups in total. The van der Waals surface area contributed by atoms with Crippen LogP contribution in [0.2, 0.25) is 0 Å². The Morgan fingerprint density at radius 2 is 1.59 bits per heavy atom. The van der Waals surface area contributed by atoms with Gasteiger partial charge in [0.25, 0.3) is 0 Å². The molecule has 0 aromatic carbocycles. The van der Waals surface area contributed by atoms with E-state index in [2.05, 4.69) is 9.47 Å². The molecule has 98 valence electrons. The van der Waals surface area contributed by atoms with Crippen LogP contribution in [0.25, 0.3) is 0 Å².